The van der Waals surface area contributed by atoms with Crippen LogP contribution in [0.15, 0.2) is 0 Å². The summed E-state index contributed by atoms with van der Waals surface area (Å²) in [6.07, 6.45) is 6.69. The van der Waals surface area contributed by atoms with Crippen LogP contribution in [-0.2, 0) is 4.79 Å². The largest absolute Gasteiger partial charge is 0.481 e. The van der Waals surface area contributed by atoms with Gasteiger partial charge in [0, 0.05) is 5.92 Å². The maximum absolute atomic E-state index is 10.3. The van der Waals surface area contributed by atoms with E-state index in [1.807, 2.05) is 0 Å². The minimum atomic E-state index is -0.746. The molecular weight excluding hydrogens is 116 g/mol. The molecule has 1 aliphatic carbocycles. The molecule has 0 amide bonds. The zero-order valence-electron chi connectivity index (χ0n) is 5.00. The first kappa shape index (κ1) is 6.15. The van der Waals surface area contributed by atoms with Crippen molar-refractivity contribution >= 4 is 5.97 Å². The number of rotatable bonds is 1. The molecule has 2 unspecified atom stereocenters. The van der Waals surface area contributed by atoms with Crippen molar-refractivity contribution in [2.75, 3.05) is 0 Å². The number of carbonyl (C=O) groups is 1. The van der Waals surface area contributed by atoms with Crippen molar-refractivity contribution < 1.29 is 9.90 Å². The molecule has 0 aliphatic heterocycles. The minimum Gasteiger partial charge on any atom is -0.481 e. The highest BCUT2D eigenvalue weighted by Crippen LogP contribution is 2.33. The van der Waals surface area contributed by atoms with Crippen molar-refractivity contribution in [3.05, 3.63) is 0 Å². The summed E-state index contributed by atoms with van der Waals surface area (Å²) in [6, 6.07) is 0. The lowest BCUT2D eigenvalue weighted by Crippen LogP contribution is -2.31. The molecule has 0 spiro atoms. The molecule has 1 fully saturated rings. The van der Waals surface area contributed by atoms with Gasteiger partial charge in [0.2, 0.25) is 0 Å². The summed E-state index contributed by atoms with van der Waals surface area (Å²) in [4.78, 5) is 10.3. The Morgan fingerprint density at radius 1 is 1.67 bits per heavy atom. The zero-order valence-corrected chi connectivity index (χ0v) is 5.00. The van der Waals surface area contributed by atoms with Gasteiger partial charge in [-0.15, -0.1) is 12.3 Å². The lowest BCUT2D eigenvalue weighted by atomic mass is 9.74. The molecule has 1 rings (SSSR count). The lowest BCUT2D eigenvalue weighted by Gasteiger charge is -2.28. The Bertz CT molecular complexity index is 166. The van der Waals surface area contributed by atoms with Gasteiger partial charge in [0.05, 0.1) is 5.92 Å². The smallest absolute Gasteiger partial charge is 0.307 e. The van der Waals surface area contributed by atoms with Gasteiger partial charge in [-0.1, -0.05) is 0 Å². The van der Waals surface area contributed by atoms with Crippen LogP contribution in [0.4, 0.5) is 0 Å². The van der Waals surface area contributed by atoms with Crippen LogP contribution in [0.25, 0.3) is 0 Å². The Morgan fingerprint density at radius 2 is 2.33 bits per heavy atom. The number of hydrogen-bond donors (Lipinski definition) is 1. The topological polar surface area (TPSA) is 37.3 Å². The fourth-order valence-electron chi connectivity index (χ4n) is 0.995. The van der Waals surface area contributed by atoms with Gasteiger partial charge < -0.3 is 5.11 Å². The summed E-state index contributed by atoms with van der Waals surface area (Å²) in [5, 5.41) is 8.44. The average molecular weight is 124 g/mol. The number of hydrogen-bond acceptors (Lipinski definition) is 1. The fourth-order valence-corrected chi connectivity index (χ4v) is 0.995. The van der Waals surface area contributed by atoms with E-state index < -0.39 is 5.97 Å². The Kier molecular flexibility index (Phi) is 1.44. The summed E-state index contributed by atoms with van der Waals surface area (Å²) in [6.45, 7) is 0. The maximum Gasteiger partial charge on any atom is 0.307 e. The van der Waals surface area contributed by atoms with Crippen LogP contribution < -0.4 is 0 Å². The van der Waals surface area contributed by atoms with Gasteiger partial charge >= 0.3 is 5.97 Å². The monoisotopic (exact) mass is 124 g/mol. The van der Waals surface area contributed by atoms with E-state index in [0.717, 1.165) is 12.8 Å². The van der Waals surface area contributed by atoms with E-state index in [-0.39, 0.29) is 11.8 Å². The molecular formula is C7H8O2. The first-order chi connectivity index (χ1) is 4.25. The van der Waals surface area contributed by atoms with Crippen molar-refractivity contribution in [2.45, 2.75) is 12.8 Å². The molecule has 0 heterocycles. The quantitative estimate of drug-likeness (QED) is 0.523. The summed E-state index contributed by atoms with van der Waals surface area (Å²) in [5.41, 5.74) is 0. The molecule has 0 aromatic heterocycles. The standard InChI is InChI=1S/C7H8O2/c1-2-5-3-4-6(5)7(8)9/h1,5-6H,3-4H2,(H,8,9). The van der Waals surface area contributed by atoms with Gasteiger partial charge in [0.1, 0.15) is 0 Å². The van der Waals surface area contributed by atoms with Crippen molar-refractivity contribution in [3.63, 3.8) is 0 Å². The number of terminal acetylenes is 1. The van der Waals surface area contributed by atoms with Crippen LogP contribution in [0, 0.1) is 24.2 Å². The number of carboxylic acid groups (broad SMARTS) is 1. The Labute approximate surface area is 53.9 Å². The number of carboxylic acids is 1. The van der Waals surface area contributed by atoms with Gasteiger partial charge in [-0.3, -0.25) is 4.79 Å². The highest BCUT2D eigenvalue weighted by Gasteiger charge is 2.34. The van der Waals surface area contributed by atoms with Crippen LogP contribution in [0.1, 0.15) is 12.8 Å². The Balaban J connectivity index is 2.47. The predicted molar refractivity (Wildman–Crippen MR) is 32.7 cm³/mol. The van der Waals surface area contributed by atoms with E-state index in [2.05, 4.69) is 5.92 Å². The van der Waals surface area contributed by atoms with Crippen LogP contribution in [0.3, 0.4) is 0 Å². The highest BCUT2D eigenvalue weighted by molar-refractivity contribution is 5.72. The first-order valence-electron chi connectivity index (χ1n) is 2.94. The summed E-state index contributed by atoms with van der Waals surface area (Å²) in [5.74, 6) is 1.45. The molecule has 1 N–H and O–H groups in total. The van der Waals surface area contributed by atoms with E-state index in [0.29, 0.717) is 0 Å². The van der Waals surface area contributed by atoms with Crippen LogP contribution in [-0.4, -0.2) is 11.1 Å². The van der Waals surface area contributed by atoms with E-state index >= 15 is 0 Å². The second kappa shape index (κ2) is 2.10. The number of aliphatic carboxylic acids is 1. The Morgan fingerprint density at radius 3 is 2.44 bits per heavy atom. The van der Waals surface area contributed by atoms with E-state index in [1.165, 1.54) is 0 Å². The fraction of sp³-hybridized carbons (Fsp3) is 0.571. The molecule has 2 heteroatoms. The van der Waals surface area contributed by atoms with E-state index in [1.54, 1.807) is 0 Å². The SMILES string of the molecule is C#CC1CCC1C(=O)O. The van der Waals surface area contributed by atoms with Crippen LogP contribution in [0.5, 0.6) is 0 Å². The van der Waals surface area contributed by atoms with Crippen molar-refractivity contribution in [1.82, 2.24) is 0 Å². The molecule has 0 saturated heterocycles. The third kappa shape index (κ3) is 0.904. The van der Waals surface area contributed by atoms with E-state index in [9.17, 15) is 4.79 Å². The minimum absolute atomic E-state index is 0.00231. The lowest BCUT2D eigenvalue weighted by molar-refractivity contribution is -0.146. The third-order valence-corrected chi connectivity index (χ3v) is 1.81. The molecule has 0 aromatic rings. The normalized spacial score (nSPS) is 32.3. The first-order valence-corrected chi connectivity index (χ1v) is 2.94. The molecule has 48 valence electrons. The molecule has 2 nitrogen and oxygen atoms in total. The molecule has 1 saturated carbocycles. The maximum atomic E-state index is 10.3. The summed E-state index contributed by atoms with van der Waals surface area (Å²) >= 11 is 0. The second-order valence-electron chi connectivity index (χ2n) is 2.30. The van der Waals surface area contributed by atoms with Crippen molar-refractivity contribution in [3.8, 4) is 12.3 Å². The summed E-state index contributed by atoms with van der Waals surface area (Å²) < 4.78 is 0. The van der Waals surface area contributed by atoms with Gasteiger partial charge in [0.15, 0.2) is 0 Å². The molecule has 1 aliphatic rings. The van der Waals surface area contributed by atoms with Crippen LogP contribution >= 0.6 is 0 Å². The van der Waals surface area contributed by atoms with Gasteiger partial charge in [0.25, 0.3) is 0 Å². The second-order valence-corrected chi connectivity index (χ2v) is 2.30. The van der Waals surface area contributed by atoms with Gasteiger partial charge in [-0.2, -0.15) is 0 Å². The molecule has 0 bridgehead atoms. The third-order valence-electron chi connectivity index (χ3n) is 1.81. The predicted octanol–water partition coefficient (Wildman–Crippen LogP) is 0.730. The Hall–Kier alpha value is -0.970. The van der Waals surface area contributed by atoms with Gasteiger partial charge in [-0.05, 0) is 12.8 Å². The molecule has 9 heavy (non-hydrogen) atoms. The van der Waals surface area contributed by atoms with Crippen molar-refractivity contribution in [1.29, 1.82) is 0 Å². The zero-order chi connectivity index (χ0) is 6.85. The molecule has 2 atom stereocenters. The average Bonchev–Trinajstić information content (AvgIpc) is 1.61. The highest BCUT2D eigenvalue weighted by atomic mass is 16.4. The van der Waals surface area contributed by atoms with E-state index in [4.69, 9.17) is 11.5 Å². The van der Waals surface area contributed by atoms with Gasteiger partial charge in [-0.25, -0.2) is 0 Å². The molecule has 0 aromatic carbocycles. The molecule has 0 radical (unpaired) electrons. The summed E-state index contributed by atoms with van der Waals surface area (Å²) in [7, 11) is 0. The van der Waals surface area contributed by atoms with Crippen LogP contribution in [0.2, 0.25) is 0 Å². The van der Waals surface area contributed by atoms with Crippen molar-refractivity contribution in [2.24, 2.45) is 11.8 Å².